The predicted octanol–water partition coefficient (Wildman–Crippen LogP) is 2.27. The third kappa shape index (κ3) is 2.87. The molecule has 0 spiro atoms. The number of nitrogens with two attached hydrogens (primary N) is 1. The number of furan rings is 1. The molecule has 1 heterocycles. The molecule has 0 radical (unpaired) electrons. The van der Waals surface area contributed by atoms with Crippen LogP contribution in [0.1, 0.15) is 29.0 Å². The van der Waals surface area contributed by atoms with Gasteiger partial charge in [0.25, 0.3) is 5.91 Å². The van der Waals surface area contributed by atoms with Crippen molar-refractivity contribution in [3.05, 3.63) is 47.9 Å². The molecule has 6 heteroatoms. The van der Waals surface area contributed by atoms with Crippen LogP contribution in [0.5, 0.6) is 0 Å². The second-order valence-corrected chi connectivity index (χ2v) is 5.57. The standard InChI is InChI=1S/C16H17N3O3/c1-10-9-11(18-15(21)16(17)6-7-16)4-5-12(10)19-14(20)13-3-2-8-22-13/h2-5,8-9H,6-7,17H2,1H3,(H,18,21)(H,19,20). The van der Waals surface area contributed by atoms with Gasteiger partial charge in [-0.25, -0.2) is 0 Å². The predicted molar refractivity (Wildman–Crippen MR) is 82.6 cm³/mol. The molecule has 0 bridgehead atoms. The number of carbonyl (C=O) groups excluding carboxylic acids is 2. The van der Waals surface area contributed by atoms with Crippen molar-refractivity contribution in [1.29, 1.82) is 0 Å². The Labute approximate surface area is 127 Å². The Morgan fingerprint density at radius 2 is 2.00 bits per heavy atom. The average Bonchev–Trinajstić information content (AvgIpc) is 3.03. The van der Waals surface area contributed by atoms with Crippen LogP contribution in [-0.4, -0.2) is 17.4 Å². The van der Waals surface area contributed by atoms with Gasteiger partial charge in [-0.1, -0.05) is 0 Å². The summed E-state index contributed by atoms with van der Waals surface area (Å²) >= 11 is 0. The summed E-state index contributed by atoms with van der Waals surface area (Å²) < 4.78 is 5.05. The quantitative estimate of drug-likeness (QED) is 0.806. The first-order valence-corrected chi connectivity index (χ1v) is 7.04. The van der Waals surface area contributed by atoms with Gasteiger partial charge in [-0.15, -0.1) is 0 Å². The van der Waals surface area contributed by atoms with Gasteiger partial charge in [0.2, 0.25) is 5.91 Å². The second kappa shape index (κ2) is 5.31. The van der Waals surface area contributed by atoms with E-state index in [0.29, 0.717) is 11.4 Å². The largest absolute Gasteiger partial charge is 0.459 e. The van der Waals surface area contributed by atoms with Gasteiger partial charge in [-0.05, 0) is 55.7 Å². The lowest BCUT2D eigenvalue weighted by atomic mass is 10.1. The Hall–Kier alpha value is -2.60. The minimum atomic E-state index is -0.708. The van der Waals surface area contributed by atoms with Crippen molar-refractivity contribution >= 4 is 23.2 Å². The number of anilines is 2. The molecule has 4 N–H and O–H groups in total. The van der Waals surface area contributed by atoms with Crippen molar-refractivity contribution in [2.75, 3.05) is 10.6 Å². The second-order valence-electron chi connectivity index (χ2n) is 5.57. The lowest BCUT2D eigenvalue weighted by Crippen LogP contribution is -2.37. The zero-order chi connectivity index (χ0) is 15.7. The highest BCUT2D eigenvalue weighted by Crippen LogP contribution is 2.33. The lowest BCUT2D eigenvalue weighted by molar-refractivity contribution is -0.118. The molecule has 6 nitrogen and oxygen atoms in total. The fraction of sp³-hybridized carbons (Fsp3) is 0.250. The smallest absolute Gasteiger partial charge is 0.291 e. The van der Waals surface area contributed by atoms with Gasteiger partial charge >= 0.3 is 0 Å². The molecule has 1 fully saturated rings. The van der Waals surface area contributed by atoms with Crippen molar-refractivity contribution < 1.29 is 14.0 Å². The van der Waals surface area contributed by atoms with Gasteiger partial charge in [0.15, 0.2) is 5.76 Å². The van der Waals surface area contributed by atoms with Crippen LogP contribution in [0.25, 0.3) is 0 Å². The van der Waals surface area contributed by atoms with E-state index < -0.39 is 5.54 Å². The SMILES string of the molecule is Cc1cc(NC(=O)C2(N)CC2)ccc1NC(=O)c1ccco1. The van der Waals surface area contributed by atoms with Crippen molar-refractivity contribution in [3.8, 4) is 0 Å². The molecule has 1 saturated carbocycles. The first kappa shape index (κ1) is 14.3. The number of benzene rings is 1. The van der Waals surface area contributed by atoms with Gasteiger partial charge < -0.3 is 20.8 Å². The van der Waals surface area contributed by atoms with Crippen LogP contribution in [0.4, 0.5) is 11.4 Å². The Kier molecular flexibility index (Phi) is 3.46. The maximum Gasteiger partial charge on any atom is 0.291 e. The number of hydrogen-bond acceptors (Lipinski definition) is 4. The normalized spacial score (nSPS) is 15.2. The molecule has 0 saturated heterocycles. The fourth-order valence-corrected chi connectivity index (χ4v) is 2.09. The van der Waals surface area contributed by atoms with Crippen LogP contribution in [0.3, 0.4) is 0 Å². The maximum atomic E-state index is 11.9. The highest BCUT2D eigenvalue weighted by molar-refractivity contribution is 6.03. The minimum absolute atomic E-state index is 0.167. The van der Waals surface area contributed by atoms with E-state index in [-0.39, 0.29) is 17.6 Å². The molecule has 0 atom stereocenters. The molecule has 0 unspecified atom stereocenters. The van der Waals surface area contributed by atoms with Crippen LogP contribution < -0.4 is 16.4 Å². The summed E-state index contributed by atoms with van der Waals surface area (Å²) in [6.07, 6.45) is 2.88. The summed E-state index contributed by atoms with van der Waals surface area (Å²) in [5, 5.41) is 5.56. The van der Waals surface area contributed by atoms with E-state index in [4.69, 9.17) is 10.2 Å². The third-order valence-electron chi connectivity index (χ3n) is 3.72. The molecule has 3 rings (SSSR count). The molecule has 1 aromatic heterocycles. The summed E-state index contributed by atoms with van der Waals surface area (Å²) in [7, 11) is 0. The summed E-state index contributed by atoms with van der Waals surface area (Å²) in [6.45, 7) is 1.85. The Balaban J connectivity index is 1.69. The fourth-order valence-electron chi connectivity index (χ4n) is 2.09. The van der Waals surface area contributed by atoms with Gasteiger partial charge in [-0.2, -0.15) is 0 Å². The highest BCUT2D eigenvalue weighted by Gasteiger charge is 2.45. The monoisotopic (exact) mass is 299 g/mol. The van der Waals surface area contributed by atoms with Crippen LogP contribution in [-0.2, 0) is 4.79 Å². The lowest BCUT2D eigenvalue weighted by Gasteiger charge is -2.13. The van der Waals surface area contributed by atoms with E-state index in [1.54, 1.807) is 30.3 Å². The van der Waals surface area contributed by atoms with E-state index in [1.807, 2.05) is 6.92 Å². The Morgan fingerprint density at radius 1 is 1.23 bits per heavy atom. The molecular formula is C16H17N3O3. The molecular weight excluding hydrogens is 282 g/mol. The molecule has 22 heavy (non-hydrogen) atoms. The summed E-state index contributed by atoms with van der Waals surface area (Å²) in [6, 6.07) is 8.51. The Morgan fingerprint density at radius 3 is 2.59 bits per heavy atom. The zero-order valence-electron chi connectivity index (χ0n) is 12.2. The first-order valence-electron chi connectivity index (χ1n) is 7.04. The molecule has 1 aliphatic carbocycles. The first-order chi connectivity index (χ1) is 10.5. The van der Waals surface area contributed by atoms with E-state index in [0.717, 1.165) is 18.4 Å². The molecule has 2 amide bonds. The van der Waals surface area contributed by atoms with Crippen LogP contribution in [0.2, 0.25) is 0 Å². The van der Waals surface area contributed by atoms with Gasteiger partial charge in [-0.3, -0.25) is 9.59 Å². The van der Waals surface area contributed by atoms with E-state index in [1.165, 1.54) is 6.26 Å². The summed E-state index contributed by atoms with van der Waals surface area (Å²) in [4.78, 5) is 23.8. The molecule has 114 valence electrons. The maximum absolute atomic E-state index is 11.9. The third-order valence-corrected chi connectivity index (χ3v) is 3.72. The number of hydrogen-bond donors (Lipinski definition) is 3. The summed E-state index contributed by atoms with van der Waals surface area (Å²) in [5.41, 5.74) is 7.29. The topological polar surface area (TPSA) is 97.4 Å². The zero-order valence-corrected chi connectivity index (χ0v) is 12.2. The number of aryl methyl sites for hydroxylation is 1. The molecule has 1 aliphatic rings. The van der Waals surface area contributed by atoms with Crippen LogP contribution in [0, 0.1) is 6.92 Å². The number of nitrogens with one attached hydrogen (secondary N) is 2. The van der Waals surface area contributed by atoms with Gasteiger partial charge in [0, 0.05) is 11.4 Å². The average molecular weight is 299 g/mol. The van der Waals surface area contributed by atoms with Crippen LogP contribution >= 0.6 is 0 Å². The van der Waals surface area contributed by atoms with Crippen molar-refractivity contribution in [2.45, 2.75) is 25.3 Å². The van der Waals surface area contributed by atoms with Gasteiger partial charge in [0.1, 0.15) is 0 Å². The van der Waals surface area contributed by atoms with Crippen molar-refractivity contribution in [3.63, 3.8) is 0 Å². The minimum Gasteiger partial charge on any atom is -0.459 e. The molecule has 1 aromatic carbocycles. The number of amides is 2. The van der Waals surface area contributed by atoms with Gasteiger partial charge in [0.05, 0.1) is 11.8 Å². The summed E-state index contributed by atoms with van der Waals surface area (Å²) in [5.74, 6) is -0.237. The number of carbonyl (C=O) groups is 2. The molecule has 2 aromatic rings. The molecule has 0 aliphatic heterocycles. The Bertz CT molecular complexity index is 718. The highest BCUT2D eigenvalue weighted by atomic mass is 16.3. The number of rotatable bonds is 4. The van der Waals surface area contributed by atoms with E-state index in [2.05, 4.69) is 10.6 Å². The van der Waals surface area contributed by atoms with Crippen molar-refractivity contribution in [2.24, 2.45) is 5.73 Å². The van der Waals surface area contributed by atoms with E-state index >= 15 is 0 Å². The van der Waals surface area contributed by atoms with Crippen molar-refractivity contribution in [1.82, 2.24) is 0 Å². The van der Waals surface area contributed by atoms with Crippen LogP contribution in [0.15, 0.2) is 41.0 Å². The van der Waals surface area contributed by atoms with E-state index in [9.17, 15) is 9.59 Å².